The van der Waals surface area contributed by atoms with Crippen LogP contribution in [0.3, 0.4) is 0 Å². The van der Waals surface area contributed by atoms with Crippen molar-refractivity contribution >= 4 is 29.0 Å². The van der Waals surface area contributed by atoms with Gasteiger partial charge in [0, 0.05) is 31.7 Å². The smallest absolute Gasteiger partial charge is 0.262 e. The maximum atomic E-state index is 13.0. The summed E-state index contributed by atoms with van der Waals surface area (Å²) in [7, 11) is 1.62. The van der Waals surface area contributed by atoms with Gasteiger partial charge in [-0.15, -0.1) is 0 Å². The van der Waals surface area contributed by atoms with Crippen molar-refractivity contribution in [3.05, 3.63) is 50.6 Å². The van der Waals surface area contributed by atoms with E-state index in [4.69, 9.17) is 21.5 Å². The predicted octanol–water partition coefficient (Wildman–Crippen LogP) is 3.48. The lowest BCUT2D eigenvalue weighted by Crippen LogP contribution is -2.32. The van der Waals surface area contributed by atoms with Gasteiger partial charge in [-0.2, -0.15) is 4.98 Å². The number of ether oxygens (including phenoxy) is 1. The zero-order valence-electron chi connectivity index (χ0n) is 18.4. The van der Waals surface area contributed by atoms with Crippen LogP contribution in [0.15, 0.2) is 27.5 Å². The van der Waals surface area contributed by atoms with Crippen molar-refractivity contribution in [1.29, 1.82) is 0 Å². The van der Waals surface area contributed by atoms with E-state index >= 15 is 0 Å². The van der Waals surface area contributed by atoms with E-state index in [1.807, 2.05) is 13.8 Å². The molecule has 4 rings (SSSR count). The second kappa shape index (κ2) is 9.33. The number of rotatable bonds is 9. The van der Waals surface area contributed by atoms with Gasteiger partial charge in [-0.25, -0.2) is 0 Å². The minimum Gasteiger partial charge on any atom is -0.385 e. The standard InChI is InChI=1S/C22H27N5O4S/c1-12(2)17(20-25-18(26-31-20)13-5-6-13)24-19(28)14-7-8-15-16(11-14)23-22(32)27(21(15)29)9-4-10-30-3/h7-8,11-13,17H,4-6,9-10H2,1-3H3,(H,23,32)(H,24,28). The number of carbonyl (C=O) groups is 1. The maximum Gasteiger partial charge on any atom is 0.262 e. The number of carbonyl (C=O) groups excluding carboxylic acids is 1. The van der Waals surface area contributed by atoms with Crippen molar-refractivity contribution in [3.8, 4) is 0 Å². The molecule has 3 aromatic rings. The Bertz CT molecular complexity index is 1240. The Balaban J connectivity index is 1.57. The highest BCUT2D eigenvalue weighted by molar-refractivity contribution is 7.71. The fraction of sp³-hybridized carbons (Fsp3) is 0.500. The van der Waals surface area contributed by atoms with Gasteiger partial charge in [0.1, 0.15) is 6.04 Å². The lowest BCUT2D eigenvalue weighted by Gasteiger charge is -2.18. The van der Waals surface area contributed by atoms with Crippen LogP contribution < -0.4 is 10.9 Å². The molecule has 0 radical (unpaired) electrons. The van der Waals surface area contributed by atoms with Gasteiger partial charge in [0.25, 0.3) is 11.5 Å². The van der Waals surface area contributed by atoms with Crippen molar-refractivity contribution in [2.24, 2.45) is 5.92 Å². The summed E-state index contributed by atoms with van der Waals surface area (Å²) in [6.07, 6.45) is 2.82. The summed E-state index contributed by atoms with van der Waals surface area (Å²) in [6, 6.07) is 4.51. The Morgan fingerprint density at radius 3 is 2.88 bits per heavy atom. The third-order valence-corrected chi connectivity index (χ3v) is 5.92. The van der Waals surface area contributed by atoms with E-state index in [-0.39, 0.29) is 17.4 Å². The molecule has 0 bridgehead atoms. The van der Waals surface area contributed by atoms with Gasteiger partial charge in [-0.05, 0) is 55.6 Å². The molecule has 0 saturated heterocycles. The van der Waals surface area contributed by atoms with Crippen LogP contribution in [0.4, 0.5) is 0 Å². The lowest BCUT2D eigenvalue weighted by molar-refractivity contribution is 0.0914. The first-order valence-electron chi connectivity index (χ1n) is 10.8. The number of amides is 1. The summed E-state index contributed by atoms with van der Waals surface area (Å²) in [5.74, 6) is 1.25. The van der Waals surface area contributed by atoms with Crippen molar-refractivity contribution in [2.75, 3.05) is 13.7 Å². The van der Waals surface area contributed by atoms with E-state index < -0.39 is 6.04 Å². The van der Waals surface area contributed by atoms with Crippen LogP contribution in [-0.2, 0) is 11.3 Å². The van der Waals surface area contributed by atoms with Gasteiger partial charge in [0.05, 0.1) is 10.9 Å². The molecule has 1 atom stereocenters. The van der Waals surface area contributed by atoms with Crippen LogP contribution in [-0.4, -0.2) is 39.3 Å². The molecule has 0 aliphatic heterocycles. The van der Waals surface area contributed by atoms with Crippen LogP contribution in [0.1, 0.15) is 67.1 Å². The number of fused-ring (bicyclic) bond motifs is 1. The highest BCUT2D eigenvalue weighted by atomic mass is 32.1. The number of benzene rings is 1. The maximum absolute atomic E-state index is 13.0. The SMILES string of the molecule is COCCCn1c(=S)[nH]c2cc(C(=O)NC(c3nc(C4CC4)no3)C(C)C)ccc2c1=O. The number of hydrogen-bond acceptors (Lipinski definition) is 7. The Kier molecular flexibility index (Phi) is 6.52. The number of nitrogens with zero attached hydrogens (tertiary/aromatic N) is 3. The minimum absolute atomic E-state index is 0.0528. The zero-order chi connectivity index (χ0) is 22.8. The van der Waals surface area contributed by atoms with Gasteiger partial charge in [-0.1, -0.05) is 19.0 Å². The van der Waals surface area contributed by atoms with Gasteiger partial charge in [0.15, 0.2) is 10.6 Å². The molecule has 0 spiro atoms. The van der Waals surface area contributed by atoms with Gasteiger partial charge in [0.2, 0.25) is 5.89 Å². The van der Waals surface area contributed by atoms with Crippen LogP contribution >= 0.6 is 12.2 Å². The Morgan fingerprint density at radius 2 is 2.19 bits per heavy atom. The molecule has 10 heteroatoms. The number of hydrogen-bond donors (Lipinski definition) is 2. The molecule has 1 amide bonds. The molecule has 1 aliphatic rings. The second-order valence-electron chi connectivity index (χ2n) is 8.45. The molecule has 170 valence electrons. The van der Waals surface area contributed by atoms with E-state index in [9.17, 15) is 9.59 Å². The summed E-state index contributed by atoms with van der Waals surface area (Å²) in [5, 5.41) is 7.52. The molecule has 1 aliphatic carbocycles. The highest BCUT2D eigenvalue weighted by Crippen LogP contribution is 2.38. The summed E-state index contributed by atoms with van der Waals surface area (Å²) in [4.78, 5) is 33.4. The van der Waals surface area contributed by atoms with Crippen molar-refractivity contribution < 1.29 is 14.1 Å². The van der Waals surface area contributed by atoms with E-state index in [1.54, 1.807) is 25.3 Å². The lowest BCUT2D eigenvalue weighted by atomic mass is 10.0. The topological polar surface area (TPSA) is 115 Å². The average Bonchev–Trinajstić information content (AvgIpc) is 3.50. The summed E-state index contributed by atoms with van der Waals surface area (Å²) in [5.41, 5.74) is 0.739. The number of aromatic amines is 1. The molecule has 1 fully saturated rings. The zero-order valence-corrected chi connectivity index (χ0v) is 19.2. The van der Waals surface area contributed by atoms with Crippen molar-refractivity contribution in [2.45, 2.75) is 51.6 Å². The molecule has 1 unspecified atom stereocenters. The first-order chi connectivity index (χ1) is 15.4. The first kappa shape index (κ1) is 22.3. The predicted molar refractivity (Wildman–Crippen MR) is 121 cm³/mol. The highest BCUT2D eigenvalue weighted by Gasteiger charge is 2.31. The Morgan fingerprint density at radius 1 is 1.41 bits per heavy atom. The minimum atomic E-state index is -0.412. The van der Waals surface area contributed by atoms with Crippen molar-refractivity contribution in [1.82, 2.24) is 25.0 Å². The fourth-order valence-electron chi connectivity index (χ4n) is 3.58. The first-order valence-corrected chi connectivity index (χ1v) is 11.2. The molecule has 1 saturated carbocycles. The van der Waals surface area contributed by atoms with E-state index in [0.717, 1.165) is 12.8 Å². The third kappa shape index (κ3) is 4.66. The Hall–Kier alpha value is -2.85. The molecule has 2 heterocycles. The van der Waals surface area contributed by atoms with Gasteiger partial charge in [-0.3, -0.25) is 14.2 Å². The Labute approximate surface area is 190 Å². The van der Waals surface area contributed by atoms with Crippen LogP contribution in [0.2, 0.25) is 0 Å². The molecule has 2 aromatic heterocycles. The average molecular weight is 458 g/mol. The summed E-state index contributed by atoms with van der Waals surface area (Å²) < 4.78 is 12.3. The molecular formula is C22H27N5O4S. The largest absolute Gasteiger partial charge is 0.385 e. The van der Waals surface area contributed by atoms with E-state index in [0.29, 0.717) is 58.4 Å². The molecule has 2 N–H and O–H groups in total. The molecule has 1 aromatic carbocycles. The number of aromatic nitrogens is 4. The normalized spacial score (nSPS) is 14.8. The van der Waals surface area contributed by atoms with E-state index in [2.05, 4.69) is 20.4 Å². The quantitative estimate of drug-likeness (QED) is 0.373. The summed E-state index contributed by atoms with van der Waals surface area (Å²) in [6.45, 7) is 4.96. The number of H-pyrrole nitrogens is 1. The van der Waals surface area contributed by atoms with Gasteiger partial charge >= 0.3 is 0 Å². The third-order valence-electron chi connectivity index (χ3n) is 5.59. The monoisotopic (exact) mass is 457 g/mol. The van der Waals surface area contributed by atoms with Gasteiger partial charge < -0.3 is 19.6 Å². The number of nitrogens with one attached hydrogen (secondary N) is 2. The summed E-state index contributed by atoms with van der Waals surface area (Å²) >= 11 is 5.36. The molecule has 32 heavy (non-hydrogen) atoms. The van der Waals surface area contributed by atoms with E-state index in [1.165, 1.54) is 4.57 Å². The molecular weight excluding hydrogens is 430 g/mol. The van der Waals surface area contributed by atoms with Crippen molar-refractivity contribution in [3.63, 3.8) is 0 Å². The fourth-order valence-corrected chi connectivity index (χ4v) is 3.87. The second-order valence-corrected chi connectivity index (χ2v) is 8.84. The van der Waals surface area contributed by atoms with Crippen LogP contribution in [0.5, 0.6) is 0 Å². The van der Waals surface area contributed by atoms with Crippen LogP contribution in [0, 0.1) is 10.7 Å². The van der Waals surface area contributed by atoms with Crippen LogP contribution in [0.25, 0.3) is 10.9 Å². The molecule has 9 nitrogen and oxygen atoms in total. The number of methoxy groups -OCH3 is 1.